The first-order chi connectivity index (χ1) is 14.7. The molecule has 31 heavy (non-hydrogen) atoms. The van der Waals surface area contributed by atoms with E-state index >= 15 is 0 Å². The molecule has 0 bridgehead atoms. The number of nitrogens with one attached hydrogen (secondary N) is 1. The van der Waals surface area contributed by atoms with Crippen molar-refractivity contribution in [1.29, 1.82) is 0 Å². The summed E-state index contributed by atoms with van der Waals surface area (Å²) in [4.78, 5) is 11.7. The van der Waals surface area contributed by atoms with E-state index in [1.807, 2.05) is 0 Å². The third-order valence-corrected chi connectivity index (χ3v) is 6.06. The number of halogens is 2. The summed E-state index contributed by atoms with van der Waals surface area (Å²) in [6.07, 6.45) is 0. The molecule has 3 aromatic carbocycles. The van der Waals surface area contributed by atoms with E-state index in [9.17, 15) is 13.2 Å². The molecule has 0 aliphatic carbocycles. The molecule has 3 rings (SSSR count). The van der Waals surface area contributed by atoms with Crippen LogP contribution < -0.4 is 14.2 Å². The number of hydrogen-bond donors (Lipinski definition) is 1. The molecule has 0 unspecified atom stereocenters. The fourth-order valence-electron chi connectivity index (χ4n) is 2.63. The molecule has 0 aliphatic rings. The summed E-state index contributed by atoms with van der Waals surface area (Å²) >= 11 is 12.0. The van der Waals surface area contributed by atoms with Gasteiger partial charge in [0, 0.05) is 5.02 Å². The molecule has 0 amide bonds. The van der Waals surface area contributed by atoms with Gasteiger partial charge in [-0.3, -0.25) is 4.72 Å². The van der Waals surface area contributed by atoms with Crippen molar-refractivity contribution in [3.63, 3.8) is 0 Å². The molecule has 162 valence electrons. The van der Waals surface area contributed by atoms with Crippen molar-refractivity contribution in [2.45, 2.75) is 4.90 Å². The average Bonchev–Trinajstić information content (AvgIpc) is 2.75. The molecule has 0 saturated carbocycles. The summed E-state index contributed by atoms with van der Waals surface area (Å²) in [5.74, 6) is 0.281. The minimum absolute atomic E-state index is 0.0637. The lowest BCUT2D eigenvalue weighted by Gasteiger charge is -2.16. The Morgan fingerprint density at radius 3 is 2.29 bits per heavy atom. The van der Waals surface area contributed by atoms with Crippen LogP contribution in [0.3, 0.4) is 0 Å². The number of esters is 1. The van der Waals surface area contributed by atoms with Crippen LogP contribution in [0.15, 0.2) is 65.6 Å². The molecule has 0 heterocycles. The molecule has 0 spiro atoms. The highest BCUT2D eigenvalue weighted by Gasteiger charge is 2.21. The van der Waals surface area contributed by atoms with Crippen LogP contribution in [0.4, 0.5) is 5.69 Å². The number of para-hydroxylation sites is 2. The average molecular weight is 482 g/mol. The normalized spacial score (nSPS) is 11.0. The van der Waals surface area contributed by atoms with Crippen molar-refractivity contribution >= 4 is 44.9 Å². The van der Waals surface area contributed by atoms with Crippen LogP contribution in [0.2, 0.25) is 10.0 Å². The van der Waals surface area contributed by atoms with Crippen LogP contribution in [0, 0.1) is 0 Å². The van der Waals surface area contributed by atoms with Gasteiger partial charge in [0.25, 0.3) is 10.0 Å². The summed E-state index contributed by atoms with van der Waals surface area (Å²) in [5, 5.41) is 0.352. The van der Waals surface area contributed by atoms with E-state index in [0.717, 1.165) is 6.07 Å². The molecule has 0 aromatic heterocycles. The van der Waals surface area contributed by atoms with E-state index in [1.54, 1.807) is 30.3 Å². The first-order valence-electron chi connectivity index (χ1n) is 8.76. The van der Waals surface area contributed by atoms with Crippen LogP contribution in [0.5, 0.6) is 17.2 Å². The predicted molar refractivity (Wildman–Crippen MR) is 118 cm³/mol. The van der Waals surface area contributed by atoms with Gasteiger partial charge in [-0.25, -0.2) is 13.2 Å². The topological polar surface area (TPSA) is 90.9 Å². The van der Waals surface area contributed by atoms with Gasteiger partial charge in [0.15, 0.2) is 17.2 Å². The molecule has 10 heteroatoms. The molecular formula is C21H17Cl2NO6S. The van der Waals surface area contributed by atoms with Gasteiger partial charge in [-0.2, -0.15) is 0 Å². The maximum Gasteiger partial charge on any atom is 0.339 e. The zero-order valence-electron chi connectivity index (χ0n) is 16.4. The molecule has 0 atom stereocenters. The predicted octanol–water partition coefficient (Wildman–Crippen LogP) is 5.38. The van der Waals surface area contributed by atoms with Gasteiger partial charge in [0.2, 0.25) is 0 Å². The molecular weight excluding hydrogens is 465 g/mol. The zero-order valence-corrected chi connectivity index (χ0v) is 18.7. The number of benzene rings is 3. The van der Waals surface area contributed by atoms with E-state index in [0.29, 0.717) is 11.5 Å². The second kappa shape index (κ2) is 9.47. The van der Waals surface area contributed by atoms with Gasteiger partial charge in [-0.1, -0.05) is 35.3 Å². The van der Waals surface area contributed by atoms with Crippen molar-refractivity contribution in [1.82, 2.24) is 0 Å². The molecule has 1 N–H and O–H groups in total. The van der Waals surface area contributed by atoms with Gasteiger partial charge < -0.3 is 14.2 Å². The number of carbonyl (C=O) groups is 1. The van der Waals surface area contributed by atoms with Crippen molar-refractivity contribution in [3.05, 3.63) is 76.3 Å². The Bertz CT molecular complexity index is 1230. The van der Waals surface area contributed by atoms with Gasteiger partial charge in [-0.15, -0.1) is 0 Å². The minimum Gasteiger partial charge on any atom is -0.493 e. The lowest BCUT2D eigenvalue weighted by molar-refractivity contribution is 0.0600. The maximum absolute atomic E-state index is 13.0. The van der Waals surface area contributed by atoms with E-state index in [1.165, 1.54) is 38.5 Å². The van der Waals surface area contributed by atoms with E-state index in [-0.39, 0.29) is 31.9 Å². The molecule has 3 aromatic rings. The Morgan fingerprint density at radius 1 is 0.903 bits per heavy atom. The zero-order chi connectivity index (χ0) is 22.6. The Morgan fingerprint density at radius 2 is 1.61 bits per heavy atom. The minimum atomic E-state index is -4.13. The highest BCUT2D eigenvalue weighted by atomic mass is 35.5. The number of rotatable bonds is 7. The van der Waals surface area contributed by atoms with Crippen molar-refractivity contribution in [2.75, 3.05) is 18.9 Å². The van der Waals surface area contributed by atoms with E-state index < -0.39 is 16.0 Å². The fraction of sp³-hybridized carbons (Fsp3) is 0.0952. The second-order valence-corrected chi connectivity index (χ2v) is 8.66. The number of ether oxygens (including phenoxy) is 3. The molecule has 0 radical (unpaired) electrons. The number of hydrogen-bond acceptors (Lipinski definition) is 6. The smallest absolute Gasteiger partial charge is 0.339 e. The van der Waals surface area contributed by atoms with Crippen molar-refractivity contribution < 1.29 is 27.4 Å². The van der Waals surface area contributed by atoms with Crippen LogP contribution in [-0.2, 0) is 14.8 Å². The maximum atomic E-state index is 13.0. The van der Waals surface area contributed by atoms with Gasteiger partial charge in [-0.05, 0) is 48.5 Å². The number of methoxy groups -OCH3 is 2. The van der Waals surface area contributed by atoms with Crippen molar-refractivity contribution in [2.24, 2.45) is 0 Å². The molecule has 0 saturated heterocycles. The second-order valence-electron chi connectivity index (χ2n) is 6.13. The van der Waals surface area contributed by atoms with Crippen LogP contribution in [0.1, 0.15) is 10.4 Å². The van der Waals surface area contributed by atoms with Crippen LogP contribution in [0.25, 0.3) is 0 Å². The van der Waals surface area contributed by atoms with Crippen molar-refractivity contribution in [3.8, 4) is 17.2 Å². The Kier molecular flexibility index (Phi) is 6.94. The summed E-state index contributed by atoms with van der Waals surface area (Å²) in [7, 11) is -1.46. The summed E-state index contributed by atoms with van der Waals surface area (Å²) in [6, 6.07) is 15.1. The van der Waals surface area contributed by atoms with Gasteiger partial charge in [0.05, 0.1) is 35.4 Å². The number of sulfonamides is 1. The van der Waals surface area contributed by atoms with E-state index in [2.05, 4.69) is 9.46 Å². The molecule has 0 aliphatic heterocycles. The SMILES string of the molecule is COC(=O)c1cc(S(=O)(=O)Nc2cc(Cl)ccc2Oc2ccccc2OC)ccc1Cl. The summed E-state index contributed by atoms with van der Waals surface area (Å²) < 4.78 is 44.2. The Hall–Kier alpha value is -2.94. The van der Waals surface area contributed by atoms with Crippen LogP contribution in [-0.4, -0.2) is 28.6 Å². The third kappa shape index (κ3) is 5.22. The lowest BCUT2D eigenvalue weighted by atomic mass is 10.2. The summed E-state index contributed by atoms with van der Waals surface area (Å²) in [5.41, 5.74) is 0.0107. The fourth-order valence-corrected chi connectivity index (χ4v) is 4.09. The first kappa shape index (κ1) is 22.7. The highest BCUT2D eigenvalue weighted by Crippen LogP contribution is 2.37. The van der Waals surface area contributed by atoms with Gasteiger partial charge >= 0.3 is 5.97 Å². The molecule has 7 nitrogen and oxygen atoms in total. The highest BCUT2D eigenvalue weighted by molar-refractivity contribution is 7.92. The standard InChI is InChI=1S/C21H17Cl2NO6S/c1-28-19-5-3-4-6-20(19)30-18-10-7-13(22)11-17(18)24-31(26,27)14-8-9-16(23)15(12-14)21(25)29-2/h3-12,24H,1-2H3. The molecule has 0 fully saturated rings. The number of anilines is 1. The number of carbonyl (C=O) groups excluding carboxylic acids is 1. The quantitative estimate of drug-likeness (QED) is 0.455. The van der Waals surface area contributed by atoms with Gasteiger partial charge in [0.1, 0.15) is 0 Å². The monoisotopic (exact) mass is 481 g/mol. The lowest BCUT2D eigenvalue weighted by Crippen LogP contribution is -2.15. The van der Waals surface area contributed by atoms with Crippen LogP contribution >= 0.6 is 23.2 Å². The van der Waals surface area contributed by atoms with E-state index in [4.69, 9.17) is 32.7 Å². The summed E-state index contributed by atoms with van der Waals surface area (Å²) in [6.45, 7) is 0. The first-order valence-corrected chi connectivity index (χ1v) is 11.0. The Balaban J connectivity index is 1.99. The third-order valence-electron chi connectivity index (χ3n) is 4.13. The largest absolute Gasteiger partial charge is 0.493 e. The Labute approximate surface area is 189 Å².